The fourth-order valence-corrected chi connectivity index (χ4v) is 3.04. The molecule has 1 aromatic heterocycles. The van der Waals surface area contributed by atoms with E-state index >= 15 is 0 Å². The van der Waals surface area contributed by atoms with Crippen LogP contribution in [-0.4, -0.2) is 31.5 Å². The average molecular weight is 293 g/mol. The molecular formula is C10H13ClN2O2S2. The highest BCUT2D eigenvalue weighted by atomic mass is 35.5. The van der Waals surface area contributed by atoms with Crippen LogP contribution in [0.5, 0.6) is 0 Å². The van der Waals surface area contributed by atoms with Crippen LogP contribution in [-0.2, 0) is 10.0 Å². The Hall–Kier alpha value is -0.560. The number of halogens is 1. The molecule has 0 bridgehead atoms. The van der Waals surface area contributed by atoms with Crippen molar-refractivity contribution in [3.8, 4) is 0 Å². The van der Waals surface area contributed by atoms with Gasteiger partial charge in [-0.15, -0.1) is 6.58 Å². The van der Waals surface area contributed by atoms with E-state index in [1.165, 1.54) is 18.3 Å². The van der Waals surface area contributed by atoms with Gasteiger partial charge in [0.2, 0.25) is 10.0 Å². The van der Waals surface area contributed by atoms with Crippen LogP contribution in [0.15, 0.2) is 35.9 Å². The summed E-state index contributed by atoms with van der Waals surface area (Å²) >= 11 is 7.24. The zero-order valence-electron chi connectivity index (χ0n) is 9.10. The third-order valence-corrected chi connectivity index (χ3v) is 4.41. The van der Waals surface area contributed by atoms with E-state index in [1.54, 1.807) is 17.8 Å². The third kappa shape index (κ3) is 5.08. The van der Waals surface area contributed by atoms with Crippen LogP contribution < -0.4 is 4.72 Å². The Morgan fingerprint density at radius 2 is 2.35 bits per heavy atom. The van der Waals surface area contributed by atoms with Crippen LogP contribution in [0, 0.1) is 0 Å². The smallest absolute Gasteiger partial charge is 0.240 e. The largest absolute Gasteiger partial charge is 0.244 e. The summed E-state index contributed by atoms with van der Waals surface area (Å²) in [7, 11) is -3.48. The van der Waals surface area contributed by atoms with Crippen molar-refractivity contribution in [2.75, 3.05) is 18.1 Å². The minimum absolute atomic E-state index is 0.131. The van der Waals surface area contributed by atoms with E-state index in [2.05, 4.69) is 16.3 Å². The lowest BCUT2D eigenvalue weighted by Gasteiger charge is -2.06. The fraction of sp³-hybridized carbons (Fsp3) is 0.300. The van der Waals surface area contributed by atoms with Crippen LogP contribution in [0.25, 0.3) is 0 Å². The van der Waals surface area contributed by atoms with Gasteiger partial charge in [-0.25, -0.2) is 18.1 Å². The summed E-state index contributed by atoms with van der Waals surface area (Å²) in [6.07, 6.45) is 3.14. The molecule has 17 heavy (non-hydrogen) atoms. The minimum atomic E-state index is -3.48. The predicted molar refractivity (Wildman–Crippen MR) is 72.0 cm³/mol. The summed E-state index contributed by atoms with van der Waals surface area (Å²) in [4.78, 5) is 3.86. The van der Waals surface area contributed by atoms with Gasteiger partial charge in [-0.05, 0) is 12.1 Å². The van der Waals surface area contributed by atoms with E-state index in [9.17, 15) is 8.42 Å². The standard InChI is InChI=1S/C10H13ClN2O2S2/c1-2-6-16-7-5-13-17(14,15)9-3-4-12-10(11)8-9/h2-4,8,13H,1,5-7H2. The molecule has 0 spiro atoms. The van der Waals surface area contributed by atoms with Crippen LogP contribution in [0.1, 0.15) is 0 Å². The second-order valence-electron chi connectivity index (χ2n) is 3.08. The summed E-state index contributed by atoms with van der Waals surface area (Å²) in [5.74, 6) is 1.51. The molecule has 0 saturated heterocycles. The van der Waals surface area contributed by atoms with Crippen molar-refractivity contribution in [2.24, 2.45) is 0 Å². The molecule has 0 saturated carbocycles. The van der Waals surface area contributed by atoms with Gasteiger partial charge in [0.05, 0.1) is 4.90 Å². The van der Waals surface area contributed by atoms with Crippen molar-refractivity contribution in [2.45, 2.75) is 4.90 Å². The number of thioether (sulfide) groups is 1. The fourth-order valence-electron chi connectivity index (χ4n) is 1.05. The second kappa shape index (κ2) is 7.00. The van der Waals surface area contributed by atoms with E-state index in [4.69, 9.17) is 11.6 Å². The highest BCUT2D eigenvalue weighted by Crippen LogP contribution is 2.12. The monoisotopic (exact) mass is 292 g/mol. The van der Waals surface area contributed by atoms with Gasteiger partial charge >= 0.3 is 0 Å². The van der Waals surface area contributed by atoms with E-state index in [-0.39, 0.29) is 10.0 Å². The lowest BCUT2D eigenvalue weighted by Crippen LogP contribution is -2.26. The van der Waals surface area contributed by atoms with Crippen LogP contribution in [0.2, 0.25) is 5.15 Å². The number of rotatable bonds is 7. The van der Waals surface area contributed by atoms with Crippen LogP contribution in [0.4, 0.5) is 0 Å². The van der Waals surface area contributed by atoms with Gasteiger partial charge in [0.1, 0.15) is 5.15 Å². The van der Waals surface area contributed by atoms with Gasteiger partial charge in [0, 0.05) is 24.2 Å². The molecule has 0 atom stereocenters. The van der Waals surface area contributed by atoms with Gasteiger partial charge in [-0.2, -0.15) is 11.8 Å². The lowest BCUT2D eigenvalue weighted by atomic mass is 10.5. The summed E-state index contributed by atoms with van der Waals surface area (Å²) in [6, 6.07) is 2.73. The van der Waals surface area contributed by atoms with E-state index in [0.717, 1.165) is 5.75 Å². The zero-order chi connectivity index (χ0) is 12.7. The summed E-state index contributed by atoms with van der Waals surface area (Å²) < 4.78 is 26.1. The summed E-state index contributed by atoms with van der Waals surface area (Å²) in [5, 5.41) is 0.161. The Bertz CT molecular complexity index is 477. The first-order valence-electron chi connectivity index (χ1n) is 4.86. The maximum atomic E-state index is 11.8. The van der Waals surface area contributed by atoms with E-state index < -0.39 is 10.0 Å². The van der Waals surface area contributed by atoms with Gasteiger partial charge in [0.15, 0.2) is 0 Å². The Kier molecular flexibility index (Phi) is 5.97. The van der Waals surface area contributed by atoms with Gasteiger partial charge in [0.25, 0.3) is 0 Å². The number of pyridine rings is 1. The van der Waals surface area contributed by atoms with E-state index in [1.807, 2.05) is 0 Å². The highest BCUT2D eigenvalue weighted by molar-refractivity contribution is 7.99. The van der Waals surface area contributed by atoms with Gasteiger partial charge < -0.3 is 0 Å². The Balaban J connectivity index is 2.54. The molecule has 0 aliphatic carbocycles. The Morgan fingerprint density at radius 3 is 3.00 bits per heavy atom. The number of hydrogen-bond acceptors (Lipinski definition) is 4. The molecule has 4 nitrogen and oxygen atoms in total. The molecule has 0 aliphatic heterocycles. The number of aromatic nitrogens is 1. The number of sulfonamides is 1. The molecule has 7 heteroatoms. The molecule has 1 aromatic rings. The Labute approximate surface area is 111 Å². The van der Waals surface area contributed by atoms with Crippen LogP contribution in [0.3, 0.4) is 0 Å². The third-order valence-electron chi connectivity index (χ3n) is 1.78. The van der Waals surface area contributed by atoms with Crippen molar-refractivity contribution in [1.82, 2.24) is 9.71 Å². The molecule has 0 fully saturated rings. The average Bonchev–Trinajstić information content (AvgIpc) is 2.29. The van der Waals surface area contributed by atoms with Gasteiger partial charge in [-0.1, -0.05) is 17.7 Å². The predicted octanol–water partition coefficient (Wildman–Crippen LogP) is 1.93. The number of nitrogens with one attached hydrogen (secondary N) is 1. The second-order valence-corrected chi connectivity index (χ2v) is 6.38. The SMILES string of the molecule is C=CCSCCNS(=O)(=O)c1ccnc(Cl)c1. The molecule has 0 radical (unpaired) electrons. The molecule has 0 aromatic carbocycles. The molecule has 1 N–H and O–H groups in total. The number of nitrogens with zero attached hydrogens (tertiary/aromatic N) is 1. The molecule has 1 rings (SSSR count). The maximum Gasteiger partial charge on any atom is 0.240 e. The molecule has 0 unspecified atom stereocenters. The molecule has 94 valence electrons. The van der Waals surface area contributed by atoms with Gasteiger partial charge in [-0.3, -0.25) is 0 Å². The zero-order valence-corrected chi connectivity index (χ0v) is 11.5. The van der Waals surface area contributed by atoms with Crippen molar-refractivity contribution in [3.63, 3.8) is 0 Å². The molecule has 0 aliphatic rings. The molecular weight excluding hydrogens is 280 g/mol. The topological polar surface area (TPSA) is 59.1 Å². The van der Waals surface area contributed by atoms with Crippen LogP contribution >= 0.6 is 23.4 Å². The first-order valence-corrected chi connectivity index (χ1v) is 7.87. The van der Waals surface area contributed by atoms with Crippen molar-refractivity contribution in [1.29, 1.82) is 0 Å². The molecule has 1 heterocycles. The van der Waals surface area contributed by atoms with E-state index in [0.29, 0.717) is 12.3 Å². The van der Waals surface area contributed by atoms with Crippen molar-refractivity contribution in [3.05, 3.63) is 36.1 Å². The summed E-state index contributed by atoms with van der Waals surface area (Å²) in [6.45, 7) is 3.96. The quantitative estimate of drug-likeness (QED) is 0.474. The normalized spacial score (nSPS) is 11.4. The number of hydrogen-bond donors (Lipinski definition) is 1. The Morgan fingerprint density at radius 1 is 1.59 bits per heavy atom. The van der Waals surface area contributed by atoms with Crippen molar-refractivity contribution >= 4 is 33.4 Å². The molecule has 0 amide bonds. The lowest BCUT2D eigenvalue weighted by molar-refractivity contribution is 0.584. The maximum absolute atomic E-state index is 11.8. The minimum Gasteiger partial charge on any atom is -0.244 e. The first-order chi connectivity index (χ1) is 8.06. The summed E-state index contributed by atoms with van der Waals surface area (Å²) in [5.41, 5.74) is 0. The van der Waals surface area contributed by atoms with Crippen molar-refractivity contribution < 1.29 is 8.42 Å². The highest BCUT2D eigenvalue weighted by Gasteiger charge is 2.13. The first kappa shape index (κ1) is 14.5.